The molecule has 0 aromatic rings. The minimum absolute atomic E-state index is 0.163. The van der Waals surface area contributed by atoms with E-state index in [1.807, 2.05) is 0 Å². The Morgan fingerprint density at radius 1 is 1.43 bits per heavy atom. The van der Waals surface area contributed by atoms with Crippen LogP contribution in [0.15, 0.2) is 0 Å². The maximum absolute atomic E-state index is 9.32. The molecule has 1 N–H and O–H groups in total. The summed E-state index contributed by atoms with van der Waals surface area (Å²) in [6, 6.07) is 0.846. The molecule has 3 heteroatoms. The molecule has 0 amide bonds. The van der Waals surface area contributed by atoms with E-state index in [1.165, 1.54) is 0 Å². The summed E-state index contributed by atoms with van der Waals surface area (Å²) < 4.78 is 0. The number of likely N-dealkylation sites (N-methyl/N-ethyl adjacent to an activating group) is 1. The predicted octanol–water partition coefficient (Wildman–Crippen LogP) is 0.782. The number of nitrogens with zero attached hydrogens (tertiary/aromatic N) is 2. The van der Waals surface area contributed by atoms with E-state index in [0.29, 0.717) is 6.04 Å². The van der Waals surface area contributed by atoms with E-state index in [2.05, 4.69) is 44.5 Å². The molecule has 0 bridgehead atoms. The molecule has 0 aromatic heterocycles. The highest BCUT2D eigenvalue weighted by Gasteiger charge is 2.37. The summed E-state index contributed by atoms with van der Waals surface area (Å²) in [6.07, 6.45) is 0. The van der Waals surface area contributed by atoms with Gasteiger partial charge >= 0.3 is 0 Å². The molecule has 1 aliphatic heterocycles. The van der Waals surface area contributed by atoms with Gasteiger partial charge in [-0.2, -0.15) is 0 Å². The number of aliphatic hydroxyl groups excluding tert-OH is 1. The third-order valence-corrected chi connectivity index (χ3v) is 3.48. The molecule has 14 heavy (non-hydrogen) atoms. The molecular weight excluding hydrogens is 176 g/mol. The van der Waals surface area contributed by atoms with E-state index >= 15 is 0 Å². The highest BCUT2D eigenvalue weighted by molar-refractivity contribution is 4.94. The number of aliphatic hydroxyl groups is 1. The summed E-state index contributed by atoms with van der Waals surface area (Å²) in [7, 11) is 2.11. The predicted molar refractivity (Wildman–Crippen MR) is 59.4 cm³/mol. The number of hydrogen-bond donors (Lipinski definition) is 1. The van der Waals surface area contributed by atoms with E-state index in [0.717, 1.165) is 13.1 Å². The maximum atomic E-state index is 9.32. The lowest BCUT2D eigenvalue weighted by atomic mass is 9.95. The molecule has 1 fully saturated rings. The van der Waals surface area contributed by atoms with Gasteiger partial charge in [0, 0.05) is 30.7 Å². The first-order valence-corrected chi connectivity index (χ1v) is 5.46. The fraction of sp³-hybridized carbons (Fsp3) is 1.00. The zero-order valence-electron chi connectivity index (χ0n) is 10.1. The standard InChI is InChI=1S/C11H24N2O/c1-9(2)13-6-10(7-14)12(5)11(3,4)8-13/h9-10,14H,6-8H2,1-5H3. The number of piperazine rings is 1. The van der Waals surface area contributed by atoms with Gasteiger partial charge in [-0.05, 0) is 34.7 Å². The fourth-order valence-corrected chi connectivity index (χ4v) is 2.13. The second-order valence-corrected chi connectivity index (χ2v) is 5.28. The third-order valence-electron chi connectivity index (χ3n) is 3.48. The smallest absolute Gasteiger partial charge is 0.0599 e. The molecule has 0 saturated carbocycles. The van der Waals surface area contributed by atoms with E-state index < -0.39 is 0 Å². The van der Waals surface area contributed by atoms with Crippen molar-refractivity contribution in [2.45, 2.75) is 45.3 Å². The Morgan fingerprint density at radius 2 is 2.00 bits per heavy atom. The Morgan fingerprint density at radius 3 is 2.43 bits per heavy atom. The SMILES string of the molecule is CC(C)N1CC(CO)N(C)C(C)(C)C1. The van der Waals surface area contributed by atoms with Gasteiger partial charge in [0.1, 0.15) is 0 Å². The number of hydrogen-bond acceptors (Lipinski definition) is 3. The molecule has 1 rings (SSSR count). The van der Waals surface area contributed by atoms with Crippen LogP contribution in [0.4, 0.5) is 0 Å². The second-order valence-electron chi connectivity index (χ2n) is 5.28. The van der Waals surface area contributed by atoms with Gasteiger partial charge in [-0.1, -0.05) is 0 Å². The van der Waals surface area contributed by atoms with Gasteiger partial charge in [-0.3, -0.25) is 9.80 Å². The van der Waals surface area contributed by atoms with Crippen molar-refractivity contribution in [3.05, 3.63) is 0 Å². The molecule has 0 aliphatic carbocycles. The quantitative estimate of drug-likeness (QED) is 0.713. The van der Waals surface area contributed by atoms with Crippen molar-refractivity contribution in [1.82, 2.24) is 9.80 Å². The van der Waals surface area contributed by atoms with Crippen LogP contribution in [0.3, 0.4) is 0 Å². The lowest BCUT2D eigenvalue weighted by Crippen LogP contribution is -2.64. The van der Waals surface area contributed by atoms with Crippen LogP contribution >= 0.6 is 0 Å². The van der Waals surface area contributed by atoms with Crippen LogP contribution in [0, 0.1) is 0 Å². The molecule has 1 saturated heterocycles. The van der Waals surface area contributed by atoms with Crippen molar-refractivity contribution in [2.24, 2.45) is 0 Å². The van der Waals surface area contributed by atoms with E-state index in [-0.39, 0.29) is 18.2 Å². The van der Waals surface area contributed by atoms with Gasteiger partial charge in [-0.25, -0.2) is 0 Å². The Hall–Kier alpha value is -0.120. The Balaban J connectivity index is 2.74. The Labute approximate surface area is 87.7 Å². The van der Waals surface area contributed by atoms with Crippen LogP contribution in [0.25, 0.3) is 0 Å². The van der Waals surface area contributed by atoms with Gasteiger partial charge in [0.15, 0.2) is 0 Å². The first-order valence-electron chi connectivity index (χ1n) is 5.46. The van der Waals surface area contributed by atoms with Crippen molar-refractivity contribution < 1.29 is 5.11 Å². The van der Waals surface area contributed by atoms with Crippen LogP contribution in [0.5, 0.6) is 0 Å². The van der Waals surface area contributed by atoms with Crippen LogP contribution in [-0.4, -0.2) is 59.3 Å². The summed E-state index contributed by atoms with van der Waals surface area (Å²) >= 11 is 0. The van der Waals surface area contributed by atoms with Crippen molar-refractivity contribution in [3.8, 4) is 0 Å². The zero-order valence-corrected chi connectivity index (χ0v) is 10.1. The molecule has 0 aromatic carbocycles. The molecule has 1 aliphatic rings. The topological polar surface area (TPSA) is 26.7 Å². The minimum Gasteiger partial charge on any atom is -0.395 e. The molecule has 3 nitrogen and oxygen atoms in total. The van der Waals surface area contributed by atoms with Gasteiger partial charge in [0.25, 0.3) is 0 Å². The largest absolute Gasteiger partial charge is 0.395 e. The second kappa shape index (κ2) is 4.17. The summed E-state index contributed by atoms with van der Waals surface area (Å²) in [5.41, 5.74) is 0.163. The molecule has 0 radical (unpaired) electrons. The van der Waals surface area contributed by atoms with Gasteiger partial charge in [0.05, 0.1) is 6.61 Å². The molecule has 0 spiro atoms. The van der Waals surface area contributed by atoms with E-state index in [9.17, 15) is 5.11 Å². The van der Waals surface area contributed by atoms with E-state index in [1.54, 1.807) is 0 Å². The first kappa shape index (κ1) is 12.0. The summed E-state index contributed by atoms with van der Waals surface area (Å²) in [5.74, 6) is 0. The van der Waals surface area contributed by atoms with Gasteiger partial charge in [-0.15, -0.1) is 0 Å². The normalized spacial score (nSPS) is 29.8. The van der Waals surface area contributed by atoms with E-state index in [4.69, 9.17) is 0 Å². The number of rotatable bonds is 2. The van der Waals surface area contributed by atoms with Gasteiger partial charge < -0.3 is 5.11 Å². The summed E-state index contributed by atoms with van der Waals surface area (Å²) in [5, 5.41) is 9.32. The van der Waals surface area contributed by atoms with Crippen molar-refractivity contribution in [3.63, 3.8) is 0 Å². The first-order chi connectivity index (χ1) is 6.38. The van der Waals surface area contributed by atoms with Crippen molar-refractivity contribution >= 4 is 0 Å². The molecule has 1 heterocycles. The summed E-state index contributed by atoms with van der Waals surface area (Å²) in [4.78, 5) is 4.74. The van der Waals surface area contributed by atoms with Gasteiger partial charge in [0.2, 0.25) is 0 Å². The average molecular weight is 200 g/mol. The molecule has 1 atom stereocenters. The minimum atomic E-state index is 0.163. The molecule has 84 valence electrons. The van der Waals surface area contributed by atoms with Crippen molar-refractivity contribution in [1.29, 1.82) is 0 Å². The molecule has 1 unspecified atom stereocenters. The maximum Gasteiger partial charge on any atom is 0.0599 e. The van der Waals surface area contributed by atoms with Crippen molar-refractivity contribution in [2.75, 3.05) is 26.7 Å². The summed E-state index contributed by atoms with van der Waals surface area (Å²) in [6.45, 7) is 11.2. The monoisotopic (exact) mass is 200 g/mol. The zero-order chi connectivity index (χ0) is 10.9. The Kier molecular flexibility index (Phi) is 3.56. The highest BCUT2D eigenvalue weighted by atomic mass is 16.3. The highest BCUT2D eigenvalue weighted by Crippen LogP contribution is 2.24. The Bertz CT molecular complexity index is 192. The van der Waals surface area contributed by atoms with Crippen LogP contribution in [0.1, 0.15) is 27.7 Å². The molecular formula is C11H24N2O. The van der Waals surface area contributed by atoms with Crippen LogP contribution in [0.2, 0.25) is 0 Å². The third kappa shape index (κ3) is 2.27. The lowest BCUT2D eigenvalue weighted by Gasteiger charge is -2.51. The van der Waals surface area contributed by atoms with Crippen LogP contribution in [-0.2, 0) is 0 Å². The lowest BCUT2D eigenvalue weighted by molar-refractivity contribution is -0.0373. The average Bonchev–Trinajstić information content (AvgIpc) is 2.09. The fourth-order valence-electron chi connectivity index (χ4n) is 2.13. The van der Waals surface area contributed by atoms with Crippen LogP contribution < -0.4 is 0 Å².